The lowest BCUT2D eigenvalue weighted by atomic mass is 10.2. The molecule has 4 rings (SSSR count). The molecule has 0 N–H and O–H groups in total. The molecule has 1 aliphatic rings. The van der Waals surface area contributed by atoms with E-state index in [1.54, 1.807) is 46.1 Å². The Kier molecular flexibility index (Phi) is 3.31. The summed E-state index contributed by atoms with van der Waals surface area (Å²) in [7, 11) is 1.80. The Balaban J connectivity index is 1.68. The van der Waals surface area contributed by atoms with E-state index in [0.29, 0.717) is 29.5 Å². The lowest BCUT2D eigenvalue weighted by Gasteiger charge is -2.35. The topological polar surface area (TPSA) is 66.9 Å². The maximum atomic E-state index is 12.8. The number of amides is 1. The molecule has 0 spiro atoms. The minimum atomic E-state index is -0.197. The van der Waals surface area contributed by atoms with Gasteiger partial charge in [-0.2, -0.15) is 5.10 Å². The summed E-state index contributed by atoms with van der Waals surface area (Å²) in [5, 5.41) is 7.97. The Morgan fingerprint density at radius 2 is 2.26 bits per heavy atom. The Morgan fingerprint density at radius 3 is 3.09 bits per heavy atom. The smallest absolute Gasteiger partial charge is 0.292 e. The molecular formula is C14H11BrClN5O2. The summed E-state index contributed by atoms with van der Waals surface area (Å²) in [6.07, 6.45) is 4.03. The van der Waals surface area contributed by atoms with Gasteiger partial charge in [0.2, 0.25) is 0 Å². The van der Waals surface area contributed by atoms with Gasteiger partial charge in [0.15, 0.2) is 16.6 Å². The highest BCUT2D eigenvalue weighted by molar-refractivity contribution is 9.10. The highest BCUT2D eigenvalue weighted by atomic mass is 79.9. The van der Waals surface area contributed by atoms with Crippen LogP contribution in [-0.4, -0.2) is 39.1 Å². The second-order valence-electron chi connectivity index (χ2n) is 5.17. The third-order valence-electron chi connectivity index (χ3n) is 3.75. The molecule has 0 aliphatic carbocycles. The molecule has 0 radical (unpaired) electrons. The average molecular weight is 397 g/mol. The molecule has 7 nitrogen and oxygen atoms in total. The average Bonchev–Trinajstić information content (AvgIpc) is 3.09. The summed E-state index contributed by atoms with van der Waals surface area (Å²) in [5.41, 5.74) is 1.74. The van der Waals surface area contributed by atoms with E-state index in [1.165, 1.54) is 0 Å². The molecule has 9 heteroatoms. The van der Waals surface area contributed by atoms with Gasteiger partial charge in [-0.1, -0.05) is 0 Å². The van der Waals surface area contributed by atoms with Gasteiger partial charge in [0, 0.05) is 38.0 Å². The SMILES string of the molecule is CN1c2cc(Cl)oc2CCN1C(=O)c1cc2ncc(Br)cn2n1. The van der Waals surface area contributed by atoms with Crippen LogP contribution in [-0.2, 0) is 6.42 Å². The first-order chi connectivity index (χ1) is 11.0. The summed E-state index contributed by atoms with van der Waals surface area (Å²) < 4.78 is 7.78. The van der Waals surface area contributed by atoms with Crippen LogP contribution in [0.1, 0.15) is 16.2 Å². The fourth-order valence-electron chi connectivity index (χ4n) is 2.66. The van der Waals surface area contributed by atoms with Gasteiger partial charge in [-0.05, 0) is 27.5 Å². The molecule has 0 unspecified atom stereocenters. The van der Waals surface area contributed by atoms with Gasteiger partial charge in [0.25, 0.3) is 5.91 Å². The number of hydrogen-bond acceptors (Lipinski definition) is 5. The standard InChI is InChI=1S/C14H11BrClN5O2/c1-19-10-5-12(16)23-11(10)2-3-21(19)14(22)9-4-13-17-6-8(15)7-20(13)18-9/h4-7H,2-3H2,1H3. The van der Waals surface area contributed by atoms with Crippen LogP contribution in [0, 0.1) is 0 Å². The minimum absolute atomic E-state index is 0.197. The summed E-state index contributed by atoms with van der Waals surface area (Å²) in [6, 6.07) is 3.37. The number of aromatic nitrogens is 3. The number of anilines is 1. The number of furan rings is 1. The van der Waals surface area contributed by atoms with Crippen molar-refractivity contribution in [1.29, 1.82) is 0 Å². The van der Waals surface area contributed by atoms with E-state index >= 15 is 0 Å². The molecule has 0 bridgehead atoms. The zero-order valence-corrected chi connectivity index (χ0v) is 14.4. The molecule has 3 aromatic heterocycles. The van der Waals surface area contributed by atoms with E-state index in [1.807, 2.05) is 0 Å². The Morgan fingerprint density at radius 1 is 1.43 bits per heavy atom. The largest absolute Gasteiger partial charge is 0.447 e. The van der Waals surface area contributed by atoms with Gasteiger partial charge >= 0.3 is 0 Å². The number of nitrogens with zero attached hydrogens (tertiary/aromatic N) is 5. The van der Waals surface area contributed by atoms with Crippen molar-refractivity contribution in [3.05, 3.63) is 45.7 Å². The highest BCUT2D eigenvalue weighted by Crippen LogP contribution is 2.32. The van der Waals surface area contributed by atoms with Crippen LogP contribution in [0.3, 0.4) is 0 Å². The van der Waals surface area contributed by atoms with E-state index in [0.717, 1.165) is 15.9 Å². The van der Waals surface area contributed by atoms with E-state index in [2.05, 4.69) is 26.0 Å². The fourth-order valence-corrected chi connectivity index (χ4v) is 3.15. The molecule has 118 valence electrons. The first-order valence-electron chi connectivity index (χ1n) is 6.87. The molecule has 0 aromatic carbocycles. The quantitative estimate of drug-likeness (QED) is 0.633. The number of carbonyl (C=O) groups excluding carboxylic acids is 1. The molecule has 1 amide bonds. The van der Waals surface area contributed by atoms with Crippen molar-refractivity contribution in [3.63, 3.8) is 0 Å². The molecule has 0 saturated carbocycles. The number of carbonyl (C=O) groups is 1. The summed E-state index contributed by atoms with van der Waals surface area (Å²) in [4.78, 5) is 17.0. The van der Waals surface area contributed by atoms with Gasteiger partial charge in [0.05, 0.1) is 11.0 Å². The van der Waals surface area contributed by atoms with Gasteiger partial charge in [-0.15, -0.1) is 0 Å². The van der Waals surface area contributed by atoms with Crippen molar-refractivity contribution in [3.8, 4) is 0 Å². The predicted molar refractivity (Wildman–Crippen MR) is 87.5 cm³/mol. The number of rotatable bonds is 1. The van der Waals surface area contributed by atoms with Crippen LogP contribution in [0.15, 0.2) is 33.4 Å². The molecule has 0 fully saturated rings. The summed E-state index contributed by atoms with van der Waals surface area (Å²) in [5.74, 6) is 0.583. The van der Waals surface area contributed by atoms with Crippen molar-refractivity contribution in [1.82, 2.24) is 19.6 Å². The Hall–Kier alpha value is -2.06. The van der Waals surface area contributed by atoms with Crippen molar-refractivity contribution < 1.29 is 9.21 Å². The van der Waals surface area contributed by atoms with Crippen LogP contribution in [0.5, 0.6) is 0 Å². The Labute approximate surface area is 144 Å². The molecule has 0 saturated heterocycles. The first kappa shape index (κ1) is 14.5. The van der Waals surface area contributed by atoms with Gasteiger partial charge in [-0.25, -0.2) is 14.5 Å². The van der Waals surface area contributed by atoms with Gasteiger partial charge in [0.1, 0.15) is 11.4 Å². The molecular weight excluding hydrogens is 386 g/mol. The number of hydrogen-bond donors (Lipinski definition) is 0. The van der Waals surface area contributed by atoms with Crippen molar-refractivity contribution in [2.45, 2.75) is 6.42 Å². The van der Waals surface area contributed by atoms with E-state index in [4.69, 9.17) is 16.0 Å². The maximum Gasteiger partial charge on any atom is 0.292 e. The molecule has 1 aliphatic heterocycles. The molecule has 3 aromatic rings. The third kappa shape index (κ3) is 2.38. The van der Waals surface area contributed by atoms with Gasteiger partial charge in [-0.3, -0.25) is 9.80 Å². The summed E-state index contributed by atoms with van der Waals surface area (Å²) >= 11 is 9.24. The number of fused-ring (bicyclic) bond motifs is 2. The van der Waals surface area contributed by atoms with Crippen molar-refractivity contribution >= 4 is 44.8 Å². The van der Waals surface area contributed by atoms with E-state index < -0.39 is 0 Å². The third-order valence-corrected chi connectivity index (χ3v) is 4.35. The summed E-state index contributed by atoms with van der Waals surface area (Å²) in [6.45, 7) is 0.497. The number of hydrazine groups is 1. The highest BCUT2D eigenvalue weighted by Gasteiger charge is 2.30. The van der Waals surface area contributed by atoms with E-state index in [-0.39, 0.29) is 5.91 Å². The Bertz CT molecular complexity index is 921. The van der Waals surface area contributed by atoms with Crippen molar-refractivity contribution in [2.75, 3.05) is 18.6 Å². The lowest BCUT2D eigenvalue weighted by Crippen LogP contribution is -2.48. The monoisotopic (exact) mass is 395 g/mol. The predicted octanol–water partition coefficient (Wildman–Crippen LogP) is 2.79. The van der Waals surface area contributed by atoms with Crippen molar-refractivity contribution in [2.24, 2.45) is 0 Å². The van der Waals surface area contributed by atoms with Crippen LogP contribution < -0.4 is 5.01 Å². The van der Waals surface area contributed by atoms with Crippen LogP contribution in [0.4, 0.5) is 5.69 Å². The number of halogens is 2. The lowest BCUT2D eigenvalue weighted by molar-refractivity contribution is 0.0728. The zero-order valence-electron chi connectivity index (χ0n) is 12.0. The normalized spacial score (nSPS) is 14.4. The van der Waals surface area contributed by atoms with E-state index in [9.17, 15) is 4.79 Å². The maximum absolute atomic E-state index is 12.8. The van der Waals surface area contributed by atoms with Gasteiger partial charge < -0.3 is 4.42 Å². The van der Waals surface area contributed by atoms with Crippen LogP contribution in [0.25, 0.3) is 5.65 Å². The zero-order chi connectivity index (χ0) is 16.1. The second-order valence-corrected chi connectivity index (χ2v) is 6.45. The first-order valence-corrected chi connectivity index (χ1v) is 8.04. The molecule has 4 heterocycles. The molecule has 23 heavy (non-hydrogen) atoms. The van der Waals surface area contributed by atoms with Crippen LogP contribution >= 0.6 is 27.5 Å². The fraction of sp³-hybridized carbons (Fsp3) is 0.214. The minimum Gasteiger partial charge on any atom is -0.447 e. The second kappa shape index (κ2) is 5.24. The molecule has 0 atom stereocenters. The van der Waals surface area contributed by atoms with Crippen LogP contribution in [0.2, 0.25) is 5.22 Å².